The van der Waals surface area contributed by atoms with Crippen LogP contribution in [0.25, 0.3) is 0 Å². The molecular formula is C17H17ClN2O2S. The standard InChI is InChI=1S/C17H17ClN2O2S/c1-22-16-3-2-12(18)6-14(16)20-13-7-15(17(20)21)19(9-13)8-11-4-5-23-10-11/h2-6,10,13,15H,7-9H2,1H3/t13-,15-/m0/s1. The Balaban J connectivity index is 1.59. The van der Waals surface area contributed by atoms with Gasteiger partial charge in [-0.15, -0.1) is 0 Å². The van der Waals surface area contributed by atoms with E-state index in [1.54, 1.807) is 24.5 Å². The Morgan fingerprint density at radius 2 is 2.26 bits per heavy atom. The monoisotopic (exact) mass is 348 g/mol. The van der Waals surface area contributed by atoms with Gasteiger partial charge >= 0.3 is 0 Å². The predicted molar refractivity (Wildman–Crippen MR) is 92.4 cm³/mol. The van der Waals surface area contributed by atoms with Crippen LogP contribution in [0.15, 0.2) is 35.0 Å². The molecule has 2 saturated heterocycles. The number of amides is 1. The first kappa shape index (κ1) is 15.0. The van der Waals surface area contributed by atoms with Crippen molar-refractivity contribution in [2.45, 2.75) is 25.0 Å². The Morgan fingerprint density at radius 1 is 1.39 bits per heavy atom. The Morgan fingerprint density at radius 3 is 2.96 bits per heavy atom. The number of fused-ring (bicyclic) bond motifs is 2. The molecule has 1 aromatic carbocycles. The van der Waals surface area contributed by atoms with Gasteiger partial charge in [0.05, 0.1) is 24.9 Å². The number of likely N-dealkylation sites (tertiary alicyclic amines) is 1. The molecular weight excluding hydrogens is 332 g/mol. The molecule has 0 N–H and O–H groups in total. The van der Waals surface area contributed by atoms with Crippen LogP contribution in [0.2, 0.25) is 5.02 Å². The second-order valence-electron chi connectivity index (χ2n) is 5.99. The number of piperazine rings is 1. The first-order valence-electron chi connectivity index (χ1n) is 7.59. The molecule has 2 aliphatic heterocycles. The molecule has 0 spiro atoms. The van der Waals surface area contributed by atoms with Gasteiger partial charge in [0.2, 0.25) is 5.91 Å². The summed E-state index contributed by atoms with van der Waals surface area (Å²) in [6.07, 6.45) is 0.874. The number of ether oxygens (including phenoxy) is 1. The number of benzene rings is 1. The minimum absolute atomic E-state index is 0.0383. The average molecular weight is 349 g/mol. The smallest absolute Gasteiger partial charge is 0.244 e. The molecule has 2 atom stereocenters. The first-order chi connectivity index (χ1) is 11.2. The predicted octanol–water partition coefficient (Wildman–Crippen LogP) is 3.40. The van der Waals surface area contributed by atoms with Gasteiger partial charge in [-0.2, -0.15) is 11.3 Å². The van der Waals surface area contributed by atoms with Crippen LogP contribution in [0.4, 0.5) is 5.69 Å². The van der Waals surface area contributed by atoms with Crippen LogP contribution < -0.4 is 9.64 Å². The fourth-order valence-corrected chi connectivity index (χ4v) is 4.45. The zero-order valence-corrected chi connectivity index (χ0v) is 14.3. The lowest BCUT2D eigenvalue weighted by Crippen LogP contribution is -2.50. The number of nitrogens with zero attached hydrogens (tertiary/aromatic N) is 2. The maximum absolute atomic E-state index is 12.9. The number of hydrogen-bond donors (Lipinski definition) is 0. The van der Waals surface area contributed by atoms with Crippen molar-refractivity contribution in [2.24, 2.45) is 0 Å². The highest BCUT2D eigenvalue weighted by molar-refractivity contribution is 7.07. The highest BCUT2D eigenvalue weighted by Crippen LogP contribution is 2.41. The second kappa shape index (κ2) is 5.82. The molecule has 0 radical (unpaired) electrons. The molecule has 0 saturated carbocycles. The van der Waals surface area contributed by atoms with Crippen molar-refractivity contribution in [3.8, 4) is 5.75 Å². The van der Waals surface area contributed by atoms with Gasteiger partial charge in [0, 0.05) is 18.1 Å². The highest BCUT2D eigenvalue weighted by atomic mass is 35.5. The first-order valence-corrected chi connectivity index (χ1v) is 8.91. The van der Waals surface area contributed by atoms with E-state index in [9.17, 15) is 4.79 Å². The number of anilines is 1. The summed E-state index contributed by atoms with van der Waals surface area (Å²) in [5.41, 5.74) is 2.06. The Bertz CT molecular complexity index is 734. The van der Waals surface area contributed by atoms with Crippen LogP contribution in [0.1, 0.15) is 12.0 Å². The molecule has 3 heterocycles. The van der Waals surface area contributed by atoms with E-state index < -0.39 is 0 Å². The van der Waals surface area contributed by atoms with Gasteiger partial charge in [-0.25, -0.2) is 0 Å². The molecule has 6 heteroatoms. The van der Waals surface area contributed by atoms with Gasteiger partial charge in [-0.1, -0.05) is 11.6 Å². The van der Waals surface area contributed by atoms with Gasteiger partial charge in [-0.3, -0.25) is 9.69 Å². The summed E-state index contributed by atoms with van der Waals surface area (Å²) >= 11 is 7.82. The lowest BCUT2D eigenvalue weighted by Gasteiger charge is -2.34. The van der Waals surface area contributed by atoms with Crippen molar-refractivity contribution in [1.82, 2.24) is 4.90 Å². The number of carbonyl (C=O) groups is 1. The van der Waals surface area contributed by atoms with Gasteiger partial charge < -0.3 is 9.64 Å². The maximum Gasteiger partial charge on any atom is 0.244 e. The summed E-state index contributed by atoms with van der Waals surface area (Å²) in [6, 6.07) is 7.70. The van der Waals surface area contributed by atoms with Crippen molar-refractivity contribution in [3.05, 3.63) is 45.6 Å². The average Bonchev–Trinajstić information content (AvgIpc) is 3.24. The maximum atomic E-state index is 12.9. The van der Waals surface area contributed by atoms with E-state index in [-0.39, 0.29) is 18.0 Å². The third-order valence-corrected chi connectivity index (χ3v) is 5.60. The summed E-state index contributed by atoms with van der Waals surface area (Å²) < 4.78 is 5.42. The summed E-state index contributed by atoms with van der Waals surface area (Å²) in [5.74, 6) is 0.844. The summed E-state index contributed by atoms with van der Waals surface area (Å²) in [4.78, 5) is 17.0. The molecule has 2 aromatic rings. The van der Waals surface area contributed by atoms with Crippen LogP contribution in [0.3, 0.4) is 0 Å². The summed E-state index contributed by atoms with van der Waals surface area (Å²) in [5, 5.41) is 4.84. The fourth-order valence-electron chi connectivity index (χ4n) is 3.62. The van der Waals surface area contributed by atoms with Crippen LogP contribution in [-0.4, -0.2) is 36.5 Å². The molecule has 0 unspecified atom stereocenters. The van der Waals surface area contributed by atoms with E-state index >= 15 is 0 Å². The van der Waals surface area contributed by atoms with Crippen LogP contribution in [-0.2, 0) is 11.3 Å². The normalized spacial score (nSPS) is 23.7. The zero-order valence-electron chi connectivity index (χ0n) is 12.7. The number of hydrogen-bond acceptors (Lipinski definition) is 4. The second-order valence-corrected chi connectivity index (χ2v) is 7.21. The minimum Gasteiger partial charge on any atom is -0.495 e. The van der Waals surface area contributed by atoms with Crippen LogP contribution in [0.5, 0.6) is 5.75 Å². The van der Waals surface area contributed by atoms with Crippen LogP contribution >= 0.6 is 22.9 Å². The Kier molecular flexibility index (Phi) is 3.79. The van der Waals surface area contributed by atoms with Crippen molar-refractivity contribution < 1.29 is 9.53 Å². The lowest BCUT2D eigenvalue weighted by molar-refractivity contribution is -0.122. The number of thiophene rings is 1. The van der Waals surface area contributed by atoms with E-state index in [2.05, 4.69) is 21.7 Å². The zero-order chi connectivity index (χ0) is 16.0. The van der Waals surface area contributed by atoms with Gasteiger partial charge in [0.1, 0.15) is 5.75 Å². The molecule has 1 amide bonds. The largest absolute Gasteiger partial charge is 0.495 e. The summed E-state index contributed by atoms with van der Waals surface area (Å²) in [7, 11) is 1.62. The topological polar surface area (TPSA) is 32.8 Å². The van der Waals surface area contributed by atoms with Crippen molar-refractivity contribution >= 4 is 34.5 Å². The SMILES string of the molecule is COc1ccc(Cl)cc1N1C(=O)[C@@H]2C[C@H]1CN2Cc1ccsc1. The number of halogens is 1. The van der Waals surface area contributed by atoms with E-state index in [1.165, 1.54) is 5.56 Å². The number of methoxy groups -OCH3 is 1. The number of rotatable bonds is 4. The van der Waals surface area contributed by atoms with Crippen molar-refractivity contribution in [2.75, 3.05) is 18.6 Å². The number of carbonyl (C=O) groups excluding carboxylic acids is 1. The van der Waals surface area contributed by atoms with Crippen molar-refractivity contribution in [3.63, 3.8) is 0 Å². The van der Waals surface area contributed by atoms with Gasteiger partial charge in [0.15, 0.2) is 0 Å². The molecule has 23 heavy (non-hydrogen) atoms. The molecule has 120 valence electrons. The molecule has 2 aliphatic rings. The molecule has 2 fully saturated rings. The van der Waals surface area contributed by atoms with E-state index in [0.717, 1.165) is 25.2 Å². The van der Waals surface area contributed by atoms with Gasteiger partial charge in [0.25, 0.3) is 0 Å². The van der Waals surface area contributed by atoms with E-state index in [4.69, 9.17) is 16.3 Å². The Labute approximate surface area is 144 Å². The van der Waals surface area contributed by atoms with E-state index in [1.807, 2.05) is 17.0 Å². The third-order valence-electron chi connectivity index (χ3n) is 4.64. The van der Waals surface area contributed by atoms with Gasteiger partial charge in [-0.05, 0) is 47.0 Å². The lowest BCUT2D eigenvalue weighted by atomic mass is 10.2. The highest BCUT2D eigenvalue weighted by Gasteiger charge is 2.50. The molecule has 4 rings (SSSR count). The van der Waals surface area contributed by atoms with Crippen LogP contribution in [0, 0.1) is 0 Å². The molecule has 2 bridgehead atoms. The fraction of sp³-hybridized carbons (Fsp3) is 0.353. The van der Waals surface area contributed by atoms with E-state index in [0.29, 0.717) is 10.8 Å². The quantitative estimate of drug-likeness (QED) is 0.849. The third kappa shape index (κ3) is 2.53. The molecule has 4 nitrogen and oxygen atoms in total. The minimum atomic E-state index is -0.0383. The van der Waals surface area contributed by atoms with Crippen molar-refractivity contribution in [1.29, 1.82) is 0 Å². The summed E-state index contributed by atoms with van der Waals surface area (Å²) in [6.45, 7) is 1.73. The Hall–Kier alpha value is -1.56. The molecule has 0 aliphatic carbocycles. The molecule has 1 aromatic heterocycles.